The zero-order valence-corrected chi connectivity index (χ0v) is 10.8. The third-order valence-corrected chi connectivity index (χ3v) is 2.82. The smallest absolute Gasteiger partial charge is 0.300 e. The van der Waals surface area contributed by atoms with E-state index in [2.05, 4.69) is 5.32 Å². The highest BCUT2D eigenvalue weighted by Gasteiger charge is 2.23. The van der Waals surface area contributed by atoms with E-state index in [1.54, 1.807) is 6.07 Å². The minimum atomic E-state index is -0.709. The molecule has 0 aliphatic rings. The third-order valence-electron chi connectivity index (χ3n) is 2.52. The number of nitrogens with zero attached hydrogens (tertiary/aromatic N) is 1. The van der Waals surface area contributed by atoms with E-state index >= 15 is 0 Å². The lowest BCUT2D eigenvalue weighted by molar-refractivity contribution is -0.385. The number of aromatic hydroxyl groups is 1. The maximum Gasteiger partial charge on any atom is 0.300 e. The van der Waals surface area contributed by atoms with Crippen molar-refractivity contribution in [3.8, 4) is 5.75 Å². The van der Waals surface area contributed by atoms with E-state index in [1.165, 1.54) is 36.4 Å². The van der Waals surface area contributed by atoms with Crippen molar-refractivity contribution in [3.63, 3.8) is 0 Å². The number of nitrogens with one attached hydrogen (secondary N) is 1. The lowest BCUT2D eigenvalue weighted by Gasteiger charge is -2.06. The summed E-state index contributed by atoms with van der Waals surface area (Å²) in [6.07, 6.45) is 0. The molecule has 0 aliphatic heterocycles. The number of halogens is 1. The van der Waals surface area contributed by atoms with Crippen molar-refractivity contribution in [2.24, 2.45) is 0 Å². The van der Waals surface area contributed by atoms with Gasteiger partial charge in [-0.2, -0.15) is 0 Å². The van der Waals surface area contributed by atoms with E-state index < -0.39 is 16.5 Å². The molecule has 2 aromatic carbocycles. The van der Waals surface area contributed by atoms with Crippen molar-refractivity contribution in [1.82, 2.24) is 0 Å². The van der Waals surface area contributed by atoms with E-state index in [0.29, 0.717) is 5.69 Å². The van der Waals surface area contributed by atoms with Crippen LogP contribution in [-0.4, -0.2) is 15.9 Å². The summed E-state index contributed by atoms with van der Waals surface area (Å²) in [5.74, 6) is -0.701. The molecule has 0 aromatic heterocycles. The number of phenols is 1. The molecule has 2 rings (SSSR count). The first-order valence-electron chi connectivity index (χ1n) is 5.52. The zero-order chi connectivity index (χ0) is 14.7. The van der Waals surface area contributed by atoms with Gasteiger partial charge in [0.15, 0.2) is 0 Å². The van der Waals surface area contributed by atoms with Crippen LogP contribution in [0, 0.1) is 10.1 Å². The van der Waals surface area contributed by atoms with Gasteiger partial charge < -0.3 is 10.4 Å². The molecule has 7 heteroatoms. The standard InChI is InChI=1S/C13H9ClN2O4/c14-11-6-2-5-10(12(11)16(19)20)13(18)15-8-3-1-4-9(17)7-8/h1-7,17H,(H,15,18). The number of hydrogen-bond acceptors (Lipinski definition) is 4. The van der Waals surface area contributed by atoms with E-state index in [4.69, 9.17) is 11.6 Å². The highest BCUT2D eigenvalue weighted by Crippen LogP contribution is 2.29. The molecule has 0 aliphatic carbocycles. The molecule has 0 saturated heterocycles. The van der Waals surface area contributed by atoms with Gasteiger partial charge in [-0.25, -0.2) is 0 Å². The Bertz CT molecular complexity index is 688. The van der Waals surface area contributed by atoms with Crippen molar-refractivity contribution in [2.45, 2.75) is 0 Å². The Morgan fingerprint density at radius 1 is 1.25 bits per heavy atom. The van der Waals surface area contributed by atoms with Gasteiger partial charge in [0, 0.05) is 11.8 Å². The predicted molar refractivity (Wildman–Crippen MR) is 74.2 cm³/mol. The van der Waals surface area contributed by atoms with Crippen LogP contribution in [0.15, 0.2) is 42.5 Å². The summed E-state index contributed by atoms with van der Waals surface area (Å²) in [4.78, 5) is 22.3. The quantitative estimate of drug-likeness (QED) is 0.671. The number of anilines is 1. The Hall–Kier alpha value is -2.60. The van der Waals surface area contributed by atoms with Crippen LogP contribution >= 0.6 is 11.6 Å². The van der Waals surface area contributed by atoms with Crippen LogP contribution in [0.5, 0.6) is 5.75 Å². The first kappa shape index (κ1) is 13.8. The van der Waals surface area contributed by atoms with Gasteiger partial charge in [0.2, 0.25) is 0 Å². The minimum absolute atomic E-state index is 0.0246. The molecule has 0 heterocycles. The lowest BCUT2D eigenvalue weighted by Crippen LogP contribution is -2.14. The maximum atomic E-state index is 12.0. The topological polar surface area (TPSA) is 92.5 Å². The molecule has 0 atom stereocenters. The summed E-state index contributed by atoms with van der Waals surface area (Å²) in [6, 6.07) is 9.96. The minimum Gasteiger partial charge on any atom is -0.508 e. The fourth-order valence-corrected chi connectivity index (χ4v) is 1.91. The van der Waals surface area contributed by atoms with Crippen LogP contribution in [0.1, 0.15) is 10.4 Å². The molecular formula is C13H9ClN2O4. The number of para-hydroxylation sites is 1. The fourth-order valence-electron chi connectivity index (χ4n) is 1.67. The third kappa shape index (κ3) is 2.86. The monoisotopic (exact) mass is 292 g/mol. The Balaban J connectivity index is 2.35. The van der Waals surface area contributed by atoms with Gasteiger partial charge in [-0.3, -0.25) is 14.9 Å². The first-order chi connectivity index (χ1) is 9.49. The lowest BCUT2D eigenvalue weighted by atomic mass is 10.1. The van der Waals surface area contributed by atoms with Crippen LogP contribution in [-0.2, 0) is 0 Å². The number of carbonyl (C=O) groups excluding carboxylic acids is 1. The van der Waals surface area contributed by atoms with Gasteiger partial charge in [-0.15, -0.1) is 0 Å². The van der Waals surface area contributed by atoms with Crippen molar-refractivity contribution in [2.75, 3.05) is 5.32 Å². The molecule has 2 N–H and O–H groups in total. The molecule has 0 spiro atoms. The van der Waals surface area contributed by atoms with E-state index in [1.807, 2.05) is 0 Å². The van der Waals surface area contributed by atoms with Gasteiger partial charge >= 0.3 is 5.69 Å². The number of nitro groups is 1. The summed E-state index contributed by atoms with van der Waals surface area (Å²) in [5, 5.41) is 22.6. The number of phenolic OH excluding ortho intramolecular Hbond substituents is 1. The summed E-state index contributed by atoms with van der Waals surface area (Å²) in [5.41, 5.74) is -0.276. The zero-order valence-electron chi connectivity index (χ0n) is 10.0. The Morgan fingerprint density at radius 2 is 1.95 bits per heavy atom. The van der Waals surface area contributed by atoms with Crippen LogP contribution in [0.25, 0.3) is 0 Å². The highest BCUT2D eigenvalue weighted by atomic mass is 35.5. The molecule has 0 unspecified atom stereocenters. The largest absolute Gasteiger partial charge is 0.508 e. The molecule has 0 bridgehead atoms. The van der Waals surface area contributed by atoms with Gasteiger partial charge in [-0.1, -0.05) is 23.7 Å². The van der Waals surface area contributed by atoms with Crippen molar-refractivity contribution >= 4 is 28.9 Å². The highest BCUT2D eigenvalue weighted by molar-refractivity contribution is 6.33. The van der Waals surface area contributed by atoms with Gasteiger partial charge in [0.05, 0.1) is 4.92 Å². The summed E-state index contributed by atoms with van der Waals surface area (Å²) < 4.78 is 0. The fraction of sp³-hybridized carbons (Fsp3) is 0. The normalized spacial score (nSPS) is 10.1. The molecule has 2 aromatic rings. The van der Waals surface area contributed by atoms with Crippen LogP contribution < -0.4 is 5.32 Å². The Labute approximate surface area is 118 Å². The number of hydrogen-bond donors (Lipinski definition) is 2. The number of amides is 1. The van der Waals surface area contributed by atoms with Crippen molar-refractivity contribution in [3.05, 3.63) is 63.2 Å². The van der Waals surface area contributed by atoms with E-state index in [-0.39, 0.29) is 16.3 Å². The average molecular weight is 293 g/mol. The molecule has 1 amide bonds. The Morgan fingerprint density at radius 3 is 2.60 bits per heavy atom. The van der Waals surface area contributed by atoms with Crippen molar-refractivity contribution < 1.29 is 14.8 Å². The number of rotatable bonds is 3. The summed E-state index contributed by atoms with van der Waals surface area (Å²) in [6.45, 7) is 0. The molecule has 0 fully saturated rings. The molecule has 20 heavy (non-hydrogen) atoms. The van der Waals surface area contributed by atoms with Gasteiger partial charge in [-0.05, 0) is 24.3 Å². The molecule has 0 saturated carbocycles. The number of carbonyl (C=O) groups is 1. The second kappa shape index (κ2) is 5.58. The first-order valence-corrected chi connectivity index (χ1v) is 5.90. The van der Waals surface area contributed by atoms with Crippen LogP contribution in [0.3, 0.4) is 0 Å². The SMILES string of the molecule is O=C(Nc1cccc(O)c1)c1cccc(Cl)c1[N+](=O)[O-]. The van der Waals surface area contributed by atoms with Gasteiger partial charge in [0.25, 0.3) is 5.91 Å². The molecule has 0 radical (unpaired) electrons. The van der Waals surface area contributed by atoms with Crippen LogP contribution in [0.2, 0.25) is 5.02 Å². The molecule has 102 valence electrons. The Kier molecular flexibility index (Phi) is 3.86. The second-order valence-corrected chi connectivity index (χ2v) is 4.30. The van der Waals surface area contributed by atoms with Crippen molar-refractivity contribution in [1.29, 1.82) is 0 Å². The second-order valence-electron chi connectivity index (χ2n) is 3.90. The van der Waals surface area contributed by atoms with Gasteiger partial charge in [0.1, 0.15) is 16.3 Å². The predicted octanol–water partition coefficient (Wildman–Crippen LogP) is 3.21. The van der Waals surface area contributed by atoms with Crippen LogP contribution in [0.4, 0.5) is 11.4 Å². The number of nitro benzene ring substituents is 1. The maximum absolute atomic E-state index is 12.0. The van der Waals surface area contributed by atoms with E-state index in [0.717, 1.165) is 0 Å². The molecule has 6 nitrogen and oxygen atoms in total. The van der Waals surface area contributed by atoms with E-state index in [9.17, 15) is 20.0 Å². The average Bonchev–Trinajstić information content (AvgIpc) is 2.37. The summed E-state index contributed by atoms with van der Waals surface area (Å²) in [7, 11) is 0. The summed E-state index contributed by atoms with van der Waals surface area (Å²) >= 11 is 5.74. The number of benzene rings is 2. The molecular weight excluding hydrogens is 284 g/mol.